The van der Waals surface area contributed by atoms with Gasteiger partial charge in [-0.1, -0.05) is 37.2 Å². The zero-order valence-electron chi connectivity index (χ0n) is 13.7. The Hall–Kier alpha value is -2.35. The lowest BCUT2D eigenvalue weighted by atomic mass is 10.2. The maximum absolute atomic E-state index is 12.7. The molecule has 2 amide bonds. The van der Waals surface area contributed by atoms with Crippen molar-refractivity contribution in [2.24, 2.45) is 0 Å². The van der Waals surface area contributed by atoms with E-state index in [1.54, 1.807) is 16.7 Å². The summed E-state index contributed by atoms with van der Waals surface area (Å²) < 4.78 is 1.61. The molecule has 0 fully saturated rings. The van der Waals surface area contributed by atoms with Gasteiger partial charge in [-0.05, 0) is 18.6 Å². The number of unbranched alkanes of at least 4 members (excludes halogenated alkanes) is 1. The first-order valence-corrected chi connectivity index (χ1v) is 8.69. The Morgan fingerprint density at radius 3 is 2.71 bits per heavy atom. The average Bonchev–Trinajstić information content (AvgIpc) is 2.57. The molecule has 0 spiro atoms. The van der Waals surface area contributed by atoms with Gasteiger partial charge in [0.2, 0.25) is 11.8 Å². The third kappa shape index (κ3) is 4.58. The summed E-state index contributed by atoms with van der Waals surface area (Å²) >= 11 is 1.17. The van der Waals surface area contributed by atoms with E-state index < -0.39 is 0 Å². The molecule has 0 bridgehead atoms. The van der Waals surface area contributed by atoms with Gasteiger partial charge in [0.05, 0.1) is 16.7 Å². The first kappa shape index (κ1) is 18.0. The molecule has 0 saturated carbocycles. The first-order chi connectivity index (χ1) is 11.5. The van der Waals surface area contributed by atoms with Crippen molar-refractivity contribution < 1.29 is 9.59 Å². The number of rotatable bonds is 6. The standard InChI is InChI=1S/C16H20N4O3S/c1-3-4-9-20-15(23)12-7-5-6-8-13(12)17-16(20)24-10-14(22)19-18-11(2)21/h5-8H,3-4,9-10H2,1-2H3,(H,18,21)(H,19,22). The van der Waals surface area contributed by atoms with Crippen LogP contribution < -0.4 is 16.4 Å². The maximum atomic E-state index is 12.7. The molecule has 0 unspecified atom stereocenters. The number of hydrazine groups is 1. The largest absolute Gasteiger partial charge is 0.287 e. The molecule has 0 aliphatic heterocycles. The predicted molar refractivity (Wildman–Crippen MR) is 93.6 cm³/mol. The fourth-order valence-electron chi connectivity index (χ4n) is 2.10. The minimum absolute atomic E-state index is 0.0528. The second kappa shape index (κ2) is 8.49. The number of hydrogen-bond donors (Lipinski definition) is 2. The predicted octanol–water partition coefficient (Wildman–Crippen LogP) is 1.46. The van der Waals surface area contributed by atoms with Crippen LogP contribution in [0.3, 0.4) is 0 Å². The van der Waals surface area contributed by atoms with Crippen LogP contribution in [0.25, 0.3) is 10.9 Å². The number of hydrogen-bond acceptors (Lipinski definition) is 5. The number of nitrogens with one attached hydrogen (secondary N) is 2. The van der Waals surface area contributed by atoms with E-state index in [0.29, 0.717) is 22.6 Å². The quantitative estimate of drug-likeness (QED) is 0.468. The summed E-state index contributed by atoms with van der Waals surface area (Å²) in [7, 11) is 0. The molecule has 0 saturated heterocycles. The third-order valence-corrected chi connectivity index (χ3v) is 4.25. The highest BCUT2D eigenvalue weighted by molar-refractivity contribution is 7.99. The van der Waals surface area contributed by atoms with Gasteiger partial charge in [-0.15, -0.1) is 0 Å². The van der Waals surface area contributed by atoms with Crippen LogP contribution >= 0.6 is 11.8 Å². The van der Waals surface area contributed by atoms with Gasteiger partial charge in [0, 0.05) is 13.5 Å². The number of carbonyl (C=O) groups excluding carboxylic acids is 2. The summed E-state index contributed by atoms with van der Waals surface area (Å²) in [5, 5.41) is 1.07. The second-order valence-corrected chi connectivity index (χ2v) is 6.18. The van der Waals surface area contributed by atoms with Crippen molar-refractivity contribution in [3.8, 4) is 0 Å². The molecule has 2 N–H and O–H groups in total. The molecule has 8 heteroatoms. The number of para-hydroxylation sites is 1. The van der Waals surface area contributed by atoms with E-state index in [4.69, 9.17) is 0 Å². The Morgan fingerprint density at radius 1 is 1.25 bits per heavy atom. The summed E-state index contributed by atoms with van der Waals surface area (Å²) in [6.45, 7) is 3.91. The van der Waals surface area contributed by atoms with Gasteiger partial charge in [0.25, 0.3) is 5.56 Å². The number of fused-ring (bicyclic) bond motifs is 1. The van der Waals surface area contributed by atoms with Crippen LogP contribution in [-0.4, -0.2) is 27.1 Å². The van der Waals surface area contributed by atoms with Crippen molar-refractivity contribution in [3.05, 3.63) is 34.6 Å². The number of amides is 2. The Bertz CT molecular complexity index is 803. The normalized spacial score (nSPS) is 10.6. The van der Waals surface area contributed by atoms with Crippen molar-refractivity contribution in [3.63, 3.8) is 0 Å². The molecule has 24 heavy (non-hydrogen) atoms. The summed E-state index contributed by atoms with van der Waals surface area (Å²) in [4.78, 5) is 39.7. The molecule has 1 aromatic heterocycles. The molecular formula is C16H20N4O3S. The molecule has 7 nitrogen and oxygen atoms in total. The highest BCUT2D eigenvalue weighted by Gasteiger charge is 2.13. The smallest absolute Gasteiger partial charge is 0.262 e. The molecule has 128 valence electrons. The molecule has 1 heterocycles. The summed E-state index contributed by atoms with van der Waals surface area (Å²) in [6, 6.07) is 7.17. The van der Waals surface area contributed by atoms with Gasteiger partial charge in [-0.3, -0.25) is 29.8 Å². The lowest BCUT2D eigenvalue weighted by Gasteiger charge is -2.12. The van der Waals surface area contributed by atoms with E-state index >= 15 is 0 Å². The highest BCUT2D eigenvalue weighted by Crippen LogP contribution is 2.18. The van der Waals surface area contributed by atoms with E-state index in [9.17, 15) is 14.4 Å². The van der Waals surface area contributed by atoms with E-state index in [-0.39, 0.29) is 23.1 Å². The van der Waals surface area contributed by atoms with Crippen molar-refractivity contribution >= 4 is 34.5 Å². The molecule has 1 aromatic carbocycles. The summed E-state index contributed by atoms with van der Waals surface area (Å²) in [6.07, 6.45) is 1.80. The number of thioether (sulfide) groups is 1. The minimum atomic E-state index is -0.361. The topological polar surface area (TPSA) is 93.1 Å². The molecular weight excluding hydrogens is 328 g/mol. The molecule has 2 rings (SSSR count). The highest BCUT2D eigenvalue weighted by atomic mass is 32.2. The Balaban J connectivity index is 2.25. The minimum Gasteiger partial charge on any atom is -0.287 e. The van der Waals surface area contributed by atoms with Crippen LogP contribution in [0.5, 0.6) is 0 Å². The molecule has 0 radical (unpaired) electrons. The summed E-state index contributed by atoms with van der Waals surface area (Å²) in [5.41, 5.74) is 5.04. The Morgan fingerprint density at radius 2 is 2.00 bits per heavy atom. The summed E-state index contributed by atoms with van der Waals surface area (Å²) in [5.74, 6) is -0.659. The van der Waals surface area contributed by atoms with E-state index in [1.807, 2.05) is 19.1 Å². The second-order valence-electron chi connectivity index (χ2n) is 5.24. The number of nitrogens with zero attached hydrogens (tertiary/aromatic N) is 2. The molecule has 0 aliphatic carbocycles. The monoisotopic (exact) mass is 348 g/mol. The van der Waals surface area contributed by atoms with Crippen molar-refractivity contribution in [2.45, 2.75) is 38.4 Å². The van der Waals surface area contributed by atoms with Crippen molar-refractivity contribution in [1.82, 2.24) is 20.4 Å². The first-order valence-electron chi connectivity index (χ1n) is 7.70. The van der Waals surface area contributed by atoms with Gasteiger partial charge >= 0.3 is 0 Å². The maximum Gasteiger partial charge on any atom is 0.262 e. The van der Waals surface area contributed by atoms with Crippen LogP contribution in [0, 0.1) is 0 Å². The van der Waals surface area contributed by atoms with E-state index in [2.05, 4.69) is 15.8 Å². The lowest BCUT2D eigenvalue weighted by Crippen LogP contribution is -2.41. The zero-order chi connectivity index (χ0) is 17.5. The van der Waals surface area contributed by atoms with Crippen LogP contribution in [0.2, 0.25) is 0 Å². The number of benzene rings is 1. The van der Waals surface area contributed by atoms with Gasteiger partial charge in [-0.2, -0.15) is 0 Å². The number of carbonyl (C=O) groups is 2. The Kier molecular flexibility index (Phi) is 6.36. The zero-order valence-corrected chi connectivity index (χ0v) is 14.5. The van der Waals surface area contributed by atoms with Gasteiger partial charge in [-0.25, -0.2) is 4.98 Å². The van der Waals surface area contributed by atoms with Crippen LogP contribution in [0.4, 0.5) is 0 Å². The number of aromatic nitrogens is 2. The molecule has 0 atom stereocenters. The van der Waals surface area contributed by atoms with Gasteiger partial charge < -0.3 is 0 Å². The van der Waals surface area contributed by atoms with Gasteiger partial charge in [0.1, 0.15) is 0 Å². The van der Waals surface area contributed by atoms with Crippen LogP contribution in [0.1, 0.15) is 26.7 Å². The van der Waals surface area contributed by atoms with Gasteiger partial charge in [0.15, 0.2) is 5.16 Å². The molecule has 0 aliphatic rings. The van der Waals surface area contributed by atoms with Crippen LogP contribution in [0.15, 0.2) is 34.2 Å². The van der Waals surface area contributed by atoms with E-state index in [1.165, 1.54) is 18.7 Å². The lowest BCUT2D eigenvalue weighted by molar-refractivity contribution is -0.126. The SMILES string of the molecule is CCCCn1c(SCC(=O)NNC(C)=O)nc2ccccc2c1=O. The third-order valence-electron chi connectivity index (χ3n) is 3.27. The van der Waals surface area contributed by atoms with Crippen LogP contribution in [-0.2, 0) is 16.1 Å². The van der Waals surface area contributed by atoms with E-state index in [0.717, 1.165) is 12.8 Å². The Labute approximate surface area is 143 Å². The van der Waals surface area contributed by atoms with Crippen molar-refractivity contribution in [2.75, 3.05) is 5.75 Å². The fourth-order valence-corrected chi connectivity index (χ4v) is 2.92. The molecule has 2 aromatic rings. The van der Waals surface area contributed by atoms with Crippen molar-refractivity contribution in [1.29, 1.82) is 0 Å². The average molecular weight is 348 g/mol. The fraction of sp³-hybridized carbons (Fsp3) is 0.375.